The largest absolute Gasteiger partial charge is 0.496 e. The molecule has 1 aliphatic heterocycles. The number of thiophene rings is 1. The van der Waals surface area contributed by atoms with Gasteiger partial charge in [0.25, 0.3) is 0 Å². The molecule has 0 aliphatic carbocycles. The van der Waals surface area contributed by atoms with E-state index in [1.54, 1.807) is 36.8 Å². The zero-order chi connectivity index (χ0) is 26.0. The van der Waals surface area contributed by atoms with Crippen molar-refractivity contribution in [2.24, 2.45) is 0 Å². The molecule has 0 spiro atoms. The van der Waals surface area contributed by atoms with E-state index in [9.17, 15) is 9.90 Å². The smallest absolute Gasteiger partial charge is 0.335 e. The first-order chi connectivity index (χ1) is 17.8. The summed E-state index contributed by atoms with van der Waals surface area (Å²) in [5.74, 6) is -0.333. The quantitative estimate of drug-likeness (QED) is 0.226. The van der Waals surface area contributed by atoms with E-state index >= 15 is 0 Å². The fraction of sp³-hybridized carbons (Fsp3) is 0.357. The molecule has 194 valence electrons. The van der Waals surface area contributed by atoms with Gasteiger partial charge < -0.3 is 24.3 Å². The number of nitrogens with zero attached hydrogens (tertiary/aromatic N) is 1. The second-order valence-corrected chi connectivity index (χ2v) is 11.2. The highest BCUT2D eigenvalue weighted by atomic mass is 32.1. The van der Waals surface area contributed by atoms with Gasteiger partial charge in [0.05, 0.1) is 31.0 Å². The molecule has 0 saturated carbocycles. The van der Waals surface area contributed by atoms with Gasteiger partial charge >= 0.3 is 5.97 Å². The van der Waals surface area contributed by atoms with Gasteiger partial charge in [0.15, 0.2) is 18.0 Å². The Morgan fingerprint density at radius 3 is 2.78 bits per heavy atom. The second-order valence-electron chi connectivity index (χ2n) is 9.99. The highest BCUT2D eigenvalue weighted by molar-refractivity contribution is 7.19. The number of anilines is 1. The molecule has 2 aromatic heterocycles. The average Bonchev–Trinajstić information content (AvgIpc) is 3.52. The van der Waals surface area contributed by atoms with Gasteiger partial charge in [-0.15, -0.1) is 11.3 Å². The van der Waals surface area contributed by atoms with Crippen LogP contribution in [-0.4, -0.2) is 41.2 Å². The maximum Gasteiger partial charge on any atom is 0.335 e. The molecule has 3 heterocycles. The van der Waals surface area contributed by atoms with Gasteiger partial charge in [-0.2, -0.15) is 0 Å². The highest BCUT2D eigenvalue weighted by Crippen LogP contribution is 2.36. The Morgan fingerprint density at radius 1 is 1.22 bits per heavy atom. The third-order valence-corrected chi connectivity index (χ3v) is 7.60. The summed E-state index contributed by atoms with van der Waals surface area (Å²) in [4.78, 5) is 16.6. The maximum atomic E-state index is 11.4. The van der Waals surface area contributed by atoms with Gasteiger partial charge in [-0.1, -0.05) is 0 Å². The van der Waals surface area contributed by atoms with Crippen LogP contribution in [0.15, 0.2) is 59.5 Å². The number of hydrogen-bond donors (Lipinski definition) is 3. The number of nitrogens with one attached hydrogen (secondary N) is 2. The van der Waals surface area contributed by atoms with Crippen molar-refractivity contribution < 1.29 is 23.8 Å². The normalized spacial score (nSPS) is 18.1. The Bertz CT molecular complexity index is 1390. The minimum Gasteiger partial charge on any atom is -0.496 e. The zero-order valence-electron chi connectivity index (χ0n) is 21.2. The number of aromatic nitrogens is 1. The molecular weight excluding hydrogens is 490 g/mol. The summed E-state index contributed by atoms with van der Waals surface area (Å²) in [5, 5.41) is 17.7. The molecule has 1 atom stereocenters. The number of oxazole rings is 1. The lowest BCUT2D eigenvalue weighted by Gasteiger charge is -2.44. The van der Waals surface area contributed by atoms with E-state index in [1.165, 1.54) is 11.3 Å². The second kappa shape index (κ2) is 10.2. The molecule has 1 saturated heterocycles. The van der Waals surface area contributed by atoms with Crippen molar-refractivity contribution in [1.29, 1.82) is 0 Å². The fourth-order valence-corrected chi connectivity index (χ4v) is 6.20. The molecule has 9 heteroatoms. The number of carbonyl (C=O) groups is 1. The van der Waals surface area contributed by atoms with Gasteiger partial charge in [0, 0.05) is 33.3 Å². The standard InChI is InChI=1S/C28H31N3O5S/c1-27(2,15-21-13-19-12-18(26(32)33)6-9-25(19)37-21)31-28(10-4-5-11-36-28)30-20-7-8-22(23(14-20)34-3)24-16-29-17-35-24/h6-9,12-14,16-17,30-31H,4-5,10-11,15H2,1-3H3,(H,32,33). The maximum absolute atomic E-state index is 11.4. The number of methoxy groups -OCH3 is 1. The number of carboxylic acids is 1. The van der Waals surface area contributed by atoms with Crippen LogP contribution in [0.2, 0.25) is 0 Å². The van der Waals surface area contributed by atoms with Crippen molar-refractivity contribution >= 4 is 33.1 Å². The number of benzene rings is 2. The zero-order valence-corrected chi connectivity index (χ0v) is 22.0. The van der Waals surface area contributed by atoms with Crippen molar-refractivity contribution in [3.05, 3.63) is 65.5 Å². The van der Waals surface area contributed by atoms with E-state index in [-0.39, 0.29) is 5.54 Å². The van der Waals surface area contributed by atoms with Gasteiger partial charge in [-0.25, -0.2) is 9.78 Å². The molecule has 37 heavy (non-hydrogen) atoms. The predicted octanol–water partition coefficient (Wildman–Crippen LogP) is 6.14. The molecule has 0 amide bonds. The van der Waals surface area contributed by atoms with E-state index in [0.717, 1.165) is 47.0 Å². The summed E-state index contributed by atoms with van der Waals surface area (Å²) in [6.45, 7) is 4.98. The molecule has 5 rings (SSSR count). The molecular formula is C28H31N3O5S. The number of fused-ring (bicyclic) bond motifs is 1. The van der Waals surface area contributed by atoms with Gasteiger partial charge in [-0.05, 0) is 74.9 Å². The predicted molar refractivity (Wildman–Crippen MR) is 144 cm³/mol. The van der Waals surface area contributed by atoms with Crippen LogP contribution in [0.25, 0.3) is 21.4 Å². The summed E-state index contributed by atoms with van der Waals surface area (Å²) in [6, 6.07) is 13.2. The van der Waals surface area contributed by atoms with Crippen molar-refractivity contribution in [2.75, 3.05) is 19.0 Å². The topological polar surface area (TPSA) is 106 Å². The lowest BCUT2D eigenvalue weighted by atomic mass is 9.96. The molecule has 8 nitrogen and oxygen atoms in total. The van der Waals surface area contributed by atoms with E-state index in [2.05, 4.69) is 35.5 Å². The molecule has 3 N–H and O–H groups in total. The van der Waals surface area contributed by atoms with E-state index in [0.29, 0.717) is 23.7 Å². The summed E-state index contributed by atoms with van der Waals surface area (Å²) in [5.41, 5.74) is 1.68. The van der Waals surface area contributed by atoms with Crippen LogP contribution in [0.3, 0.4) is 0 Å². The van der Waals surface area contributed by atoms with Gasteiger partial charge in [0.1, 0.15) is 5.75 Å². The monoisotopic (exact) mass is 521 g/mol. The Balaban J connectivity index is 1.37. The summed E-state index contributed by atoms with van der Waals surface area (Å²) < 4.78 is 18.5. The highest BCUT2D eigenvalue weighted by Gasteiger charge is 2.38. The van der Waals surface area contributed by atoms with Crippen molar-refractivity contribution in [1.82, 2.24) is 10.3 Å². The number of hydrogen-bond acceptors (Lipinski definition) is 8. The minimum atomic E-state index is -0.912. The molecule has 0 bridgehead atoms. The van der Waals surface area contributed by atoms with Gasteiger partial charge in [-0.3, -0.25) is 5.32 Å². The molecule has 2 aromatic carbocycles. The van der Waals surface area contributed by atoms with Crippen LogP contribution in [0.5, 0.6) is 5.75 Å². The molecule has 1 aliphatic rings. The van der Waals surface area contributed by atoms with Crippen LogP contribution in [-0.2, 0) is 11.2 Å². The number of aromatic carboxylic acids is 1. The summed E-state index contributed by atoms with van der Waals surface area (Å²) in [7, 11) is 1.64. The summed E-state index contributed by atoms with van der Waals surface area (Å²) >= 11 is 1.69. The summed E-state index contributed by atoms with van der Waals surface area (Å²) in [6.07, 6.45) is 6.68. The minimum absolute atomic E-state index is 0.303. The first-order valence-electron chi connectivity index (χ1n) is 12.3. The van der Waals surface area contributed by atoms with Crippen LogP contribution in [0.4, 0.5) is 5.69 Å². The van der Waals surface area contributed by atoms with E-state index < -0.39 is 11.8 Å². The fourth-order valence-electron chi connectivity index (χ4n) is 4.92. The Hall–Kier alpha value is -3.40. The number of ether oxygens (including phenoxy) is 2. The van der Waals surface area contributed by atoms with Crippen molar-refractivity contribution in [3.63, 3.8) is 0 Å². The number of rotatable bonds is 9. The molecule has 1 fully saturated rings. The van der Waals surface area contributed by atoms with Crippen LogP contribution in [0, 0.1) is 0 Å². The van der Waals surface area contributed by atoms with Crippen LogP contribution >= 0.6 is 11.3 Å². The molecule has 4 aromatic rings. The first-order valence-corrected chi connectivity index (χ1v) is 13.1. The van der Waals surface area contributed by atoms with Crippen LogP contribution < -0.4 is 15.4 Å². The average molecular weight is 522 g/mol. The van der Waals surface area contributed by atoms with Gasteiger partial charge in [0.2, 0.25) is 0 Å². The SMILES string of the molecule is COc1cc(NC2(NC(C)(C)Cc3cc4cc(C(=O)O)ccc4s3)CCCCO2)ccc1-c1cnco1. The third-order valence-electron chi connectivity index (χ3n) is 6.49. The lowest BCUT2D eigenvalue weighted by Crippen LogP contribution is -2.63. The first kappa shape index (κ1) is 25.3. The Kier molecular flexibility index (Phi) is 6.94. The van der Waals surface area contributed by atoms with E-state index in [1.807, 2.05) is 24.3 Å². The molecule has 0 radical (unpaired) electrons. The number of carboxylic acid groups (broad SMARTS) is 1. The third kappa shape index (κ3) is 5.64. The van der Waals surface area contributed by atoms with E-state index in [4.69, 9.17) is 13.9 Å². The Morgan fingerprint density at radius 2 is 2.08 bits per heavy atom. The van der Waals surface area contributed by atoms with Crippen molar-refractivity contribution in [3.8, 4) is 17.1 Å². The van der Waals surface area contributed by atoms with Crippen LogP contribution in [0.1, 0.15) is 48.3 Å². The lowest BCUT2D eigenvalue weighted by molar-refractivity contribution is -0.0956. The molecule has 1 unspecified atom stereocenters. The Labute approximate surface area is 219 Å². The van der Waals surface area contributed by atoms with Crippen molar-refractivity contribution in [2.45, 2.75) is 50.9 Å².